The lowest BCUT2D eigenvalue weighted by Crippen LogP contribution is -2.27. The van der Waals surface area contributed by atoms with Crippen LogP contribution in [0.15, 0.2) is 48.2 Å². The Kier molecular flexibility index (Phi) is 4.78. The van der Waals surface area contributed by atoms with Crippen LogP contribution in [0.1, 0.15) is 25.2 Å². The number of aliphatic hydroxyl groups excluding tert-OH is 1. The van der Waals surface area contributed by atoms with Crippen LogP contribution in [0.3, 0.4) is 0 Å². The molecule has 1 aromatic heterocycles. The van der Waals surface area contributed by atoms with Crippen LogP contribution < -0.4 is 9.80 Å². The quantitative estimate of drug-likeness (QED) is 0.674. The summed E-state index contributed by atoms with van der Waals surface area (Å²) in [4.78, 5) is 8.81. The molecule has 3 aromatic rings. The van der Waals surface area contributed by atoms with Gasteiger partial charge in [0.05, 0.1) is 23.2 Å². The van der Waals surface area contributed by atoms with Crippen LogP contribution in [0.4, 0.5) is 11.4 Å². The number of fused-ring (bicyclic) bond motifs is 1. The van der Waals surface area contributed by atoms with Gasteiger partial charge in [0.2, 0.25) is 0 Å². The van der Waals surface area contributed by atoms with E-state index in [4.69, 9.17) is 10.4 Å². The van der Waals surface area contributed by atoms with Crippen LogP contribution in [0.2, 0.25) is 0 Å². The summed E-state index contributed by atoms with van der Waals surface area (Å²) in [5.74, 6) is 1.07. The molecule has 2 heterocycles. The summed E-state index contributed by atoms with van der Waals surface area (Å²) in [5.41, 5.74) is 5.54. The number of hydrogen-bond donors (Lipinski definition) is 2. The van der Waals surface area contributed by atoms with Crippen LogP contribution in [-0.4, -0.2) is 40.1 Å². The lowest BCUT2D eigenvalue weighted by atomic mass is 10.2. The van der Waals surface area contributed by atoms with Crippen molar-refractivity contribution in [2.24, 2.45) is 7.05 Å². The molecule has 0 atom stereocenters. The molecule has 0 amide bonds. The summed E-state index contributed by atoms with van der Waals surface area (Å²) in [6.07, 6.45) is 0. The van der Waals surface area contributed by atoms with Crippen molar-refractivity contribution < 1.29 is 5.11 Å². The number of benzene rings is 2. The van der Waals surface area contributed by atoms with Gasteiger partial charge < -0.3 is 19.5 Å². The lowest BCUT2D eigenvalue weighted by molar-refractivity contribution is 0.411. The Morgan fingerprint density at radius 1 is 1.10 bits per heavy atom. The van der Waals surface area contributed by atoms with Gasteiger partial charge in [-0.15, -0.1) is 0 Å². The number of aromatic nitrogens is 2. The topological polar surface area (TPSA) is 68.4 Å². The fourth-order valence-electron chi connectivity index (χ4n) is 4.00. The summed E-state index contributed by atoms with van der Waals surface area (Å²) in [7, 11) is 1.93. The summed E-state index contributed by atoms with van der Waals surface area (Å²) in [6.45, 7) is 8.50. The van der Waals surface area contributed by atoms with Gasteiger partial charge in [-0.1, -0.05) is 6.07 Å². The Bertz CT molecular complexity index is 1110. The largest absolute Gasteiger partial charge is 0.509 e. The predicted octanol–water partition coefficient (Wildman–Crippen LogP) is 4.49. The first-order chi connectivity index (χ1) is 13.9. The van der Waals surface area contributed by atoms with E-state index in [1.165, 1.54) is 0 Å². The van der Waals surface area contributed by atoms with Crippen molar-refractivity contribution in [1.82, 2.24) is 9.55 Å². The molecule has 150 valence electrons. The zero-order valence-electron chi connectivity index (χ0n) is 17.4. The lowest BCUT2D eigenvalue weighted by Gasteiger charge is -2.23. The number of aryl methyl sites for hydroxylation is 2. The normalized spacial score (nSPS) is 14.3. The molecule has 0 saturated carbocycles. The van der Waals surface area contributed by atoms with Crippen molar-refractivity contribution in [2.75, 3.05) is 29.4 Å². The predicted molar refractivity (Wildman–Crippen MR) is 120 cm³/mol. The van der Waals surface area contributed by atoms with E-state index in [0.29, 0.717) is 11.4 Å². The van der Waals surface area contributed by atoms with E-state index in [2.05, 4.69) is 30.9 Å². The fourth-order valence-corrected chi connectivity index (χ4v) is 4.00. The highest BCUT2D eigenvalue weighted by atomic mass is 16.3. The molecular weight excluding hydrogens is 362 g/mol. The van der Waals surface area contributed by atoms with Gasteiger partial charge in [-0.3, -0.25) is 5.41 Å². The smallest absolute Gasteiger partial charge is 0.148 e. The Morgan fingerprint density at radius 2 is 1.79 bits per heavy atom. The molecule has 0 unspecified atom stereocenters. The van der Waals surface area contributed by atoms with Gasteiger partial charge in [0.25, 0.3) is 0 Å². The summed E-state index contributed by atoms with van der Waals surface area (Å²) in [5, 5.41) is 19.4. The molecule has 1 aliphatic heterocycles. The molecule has 0 spiro atoms. The van der Waals surface area contributed by atoms with Gasteiger partial charge in [-0.25, -0.2) is 4.98 Å². The van der Waals surface area contributed by atoms with Crippen molar-refractivity contribution in [3.05, 3.63) is 59.6 Å². The molecule has 0 aliphatic carbocycles. The fraction of sp³-hybridized carbons (Fsp3) is 0.304. The SMILES string of the molecule is CCN(CC)c1ccc(N2CC(O)=C(c3nc4cc(C)ccc4n3C)C2=N)cc1. The second-order valence-corrected chi connectivity index (χ2v) is 7.43. The van der Waals surface area contributed by atoms with Crippen molar-refractivity contribution in [1.29, 1.82) is 5.41 Å². The second kappa shape index (κ2) is 7.28. The van der Waals surface area contributed by atoms with Crippen LogP contribution in [-0.2, 0) is 7.05 Å². The number of aliphatic hydroxyl groups is 1. The number of hydrogen-bond acceptors (Lipinski definition) is 4. The average Bonchev–Trinajstić information content (AvgIpc) is 3.18. The third kappa shape index (κ3) is 3.14. The number of rotatable bonds is 5. The molecule has 2 N–H and O–H groups in total. The van der Waals surface area contributed by atoms with Crippen LogP contribution >= 0.6 is 0 Å². The summed E-state index contributed by atoms with van der Waals surface area (Å²) in [6, 6.07) is 14.3. The minimum Gasteiger partial charge on any atom is -0.509 e. The Hall–Kier alpha value is -3.28. The first-order valence-corrected chi connectivity index (χ1v) is 10.0. The van der Waals surface area contributed by atoms with Gasteiger partial charge >= 0.3 is 0 Å². The molecule has 4 rings (SSSR count). The minimum absolute atomic E-state index is 0.179. The van der Waals surface area contributed by atoms with Crippen molar-refractivity contribution in [3.63, 3.8) is 0 Å². The highest BCUT2D eigenvalue weighted by Gasteiger charge is 2.32. The van der Waals surface area contributed by atoms with Crippen LogP contribution in [0.25, 0.3) is 16.6 Å². The average molecular weight is 390 g/mol. The summed E-state index contributed by atoms with van der Waals surface area (Å²) >= 11 is 0. The number of nitrogens with one attached hydrogen (secondary N) is 1. The van der Waals surface area contributed by atoms with Gasteiger partial charge in [0.15, 0.2) is 0 Å². The number of amidine groups is 1. The maximum Gasteiger partial charge on any atom is 0.148 e. The first kappa shape index (κ1) is 19.1. The summed E-state index contributed by atoms with van der Waals surface area (Å²) < 4.78 is 1.95. The van der Waals surface area contributed by atoms with E-state index in [1.807, 2.05) is 53.8 Å². The third-order valence-corrected chi connectivity index (χ3v) is 5.65. The molecule has 0 bridgehead atoms. The Morgan fingerprint density at radius 3 is 2.45 bits per heavy atom. The van der Waals surface area contributed by atoms with Crippen LogP contribution in [0, 0.1) is 12.3 Å². The van der Waals surface area contributed by atoms with E-state index >= 15 is 0 Å². The second-order valence-electron chi connectivity index (χ2n) is 7.43. The van der Waals surface area contributed by atoms with Gasteiger partial charge in [0, 0.05) is 31.5 Å². The zero-order valence-corrected chi connectivity index (χ0v) is 17.4. The van der Waals surface area contributed by atoms with Crippen LogP contribution in [0.5, 0.6) is 0 Å². The van der Waals surface area contributed by atoms with E-state index < -0.39 is 0 Å². The molecule has 6 heteroatoms. The molecular formula is C23H27N5O. The van der Waals surface area contributed by atoms with Gasteiger partial charge in [0.1, 0.15) is 17.4 Å². The monoisotopic (exact) mass is 389 g/mol. The molecule has 2 aromatic carbocycles. The highest BCUT2D eigenvalue weighted by molar-refractivity contribution is 6.30. The standard InChI is InChI=1S/C23H27N5O/c1-5-27(6-2)16-8-10-17(11-9-16)28-14-20(29)21(22(28)24)23-25-18-13-15(3)7-12-19(18)26(23)4/h7-13,24,29H,5-6,14H2,1-4H3. The van der Waals surface area contributed by atoms with E-state index in [-0.39, 0.29) is 18.1 Å². The molecule has 0 radical (unpaired) electrons. The molecule has 0 fully saturated rings. The molecule has 1 aliphatic rings. The van der Waals surface area contributed by atoms with Gasteiger partial charge in [-0.2, -0.15) is 0 Å². The maximum atomic E-state index is 10.7. The maximum absolute atomic E-state index is 10.7. The Balaban J connectivity index is 1.66. The van der Waals surface area contributed by atoms with E-state index in [9.17, 15) is 5.11 Å². The van der Waals surface area contributed by atoms with Crippen molar-refractivity contribution in [3.8, 4) is 0 Å². The van der Waals surface area contributed by atoms with Gasteiger partial charge in [-0.05, 0) is 62.7 Å². The minimum atomic E-state index is 0.179. The molecule has 29 heavy (non-hydrogen) atoms. The molecule has 0 saturated heterocycles. The zero-order chi connectivity index (χ0) is 20.7. The van der Waals surface area contributed by atoms with E-state index in [1.54, 1.807) is 0 Å². The number of imidazole rings is 1. The Labute approximate surface area is 171 Å². The highest BCUT2D eigenvalue weighted by Crippen LogP contribution is 2.33. The van der Waals surface area contributed by atoms with Crippen molar-refractivity contribution >= 4 is 33.8 Å². The third-order valence-electron chi connectivity index (χ3n) is 5.65. The van der Waals surface area contributed by atoms with E-state index in [0.717, 1.165) is 41.1 Å². The molecule has 6 nitrogen and oxygen atoms in total. The van der Waals surface area contributed by atoms with Crippen molar-refractivity contribution in [2.45, 2.75) is 20.8 Å². The number of anilines is 2. The number of nitrogens with zero attached hydrogens (tertiary/aromatic N) is 4. The first-order valence-electron chi connectivity index (χ1n) is 10.0.